The van der Waals surface area contributed by atoms with Crippen LogP contribution in [-0.2, 0) is 9.53 Å². The number of nitrogens with zero attached hydrogens (tertiary/aromatic N) is 2. The molecule has 0 radical (unpaired) electrons. The van der Waals surface area contributed by atoms with Crippen LogP contribution in [0, 0.1) is 18.3 Å². The van der Waals surface area contributed by atoms with Gasteiger partial charge in [0.2, 0.25) is 0 Å². The normalized spacial score (nSPS) is 17.3. The van der Waals surface area contributed by atoms with E-state index in [-0.39, 0.29) is 36.1 Å². The molecule has 0 unspecified atom stereocenters. The van der Waals surface area contributed by atoms with Crippen molar-refractivity contribution in [1.29, 1.82) is 5.41 Å². The van der Waals surface area contributed by atoms with Crippen LogP contribution in [0.5, 0.6) is 5.75 Å². The van der Waals surface area contributed by atoms with E-state index in [0.717, 1.165) is 16.1 Å². The number of aromatic nitrogens is 1. The van der Waals surface area contributed by atoms with Gasteiger partial charge < -0.3 is 20.1 Å². The number of thiazole rings is 1. The zero-order valence-electron chi connectivity index (χ0n) is 19.7. The second kappa shape index (κ2) is 10.7. The van der Waals surface area contributed by atoms with E-state index >= 15 is 0 Å². The van der Waals surface area contributed by atoms with E-state index in [1.54, 1.807) is 10.3 Å². The van der Waals surface area contributed by atoms with E-state index in [4.69, 9.17) is 20.6 Å². The van der Waals surface area contributed by atoms with Gasteiger partial charge in [0.15, 0.2) is 0 Å². The molecular weight excluding hydrogens is 464 g/mol. The highest BCUT2D eigenvalue weighted by molar-refractivity contribution is 7.09. The van der Waals surface area contributed by atoms with Crippen LogP contribution in [0.2, 0.25) is 0 Å². The van der Waals surface area contributed by atoms with E-state index in [2.05, 4.69) is 4.98 Å². The zero-order chi connectivity index (χ0) is 24.9. The third kappa shape index (κ3) is 5.86. The van der Waals surface area contributed by atoms with Gasteiger partial charge in [-0.25, -0.2) is 4.98 Å². The molecule has 0 aliphatic carbocycles. The number of methoxy groups -OCH3 is 1. The Morgan fingerprint density at radius 2 is 1.80 bits per heavy atom. The molecule has 1 amide bonds. The molecule has 1 aliphatic heterocycles. The number of amides is 1. The van der Waals surface area contributed by atoms with Crippen molar-refractivity contribution in [2.75, 3.05) is 20.3 Å². The van der Waals surface area contributed by atoms with Gasteiger partial charge in [-0.3, -0.25) is 15.0 Å². The Hall–Kier alpha value is -3.72. The molecule has 3 aromatic rings. The van der Waals surface area contributed by atoms with Crippen LogP contribution in [-0.4, -0.2) is 53.9 Å². The lowest BCUT2D eigenvalue weighted by Gasteiger charge is -2.24. The molecule has 1 aromatic heterocycles. The number of hydrogen-bond acceptors (Lipinski definition) is 7. The van der Waals surface area contributed by atoms with Gasteiger partial charge in [0.05, 0.1) is 24.6 Å². The second-order valence-electron chi connectivity index (χ2n) is 8.57. The number of esters is 1. The highest BCUT2D eigenvalue weighted by Crippen LogP contribution is 2.29. The third-order valence-electron chi connectivity index (χ3n) is 6.11. The number of likely N-dealkylation sites (tertiary alicyclic amines) is 1. The second-order valence-corrected chi connectivity index (χ2v) is 9.63. The number of carbonyl (C=O) groups is 2. The largest absolute Gasteiger partial charge is 0.491 e. The molecular formula is C26H28N4O4S. The monoisotopic (exact) mass is 492 g/mol. The topological polar surface area (TPSA) is 119 Å². The van der Waals surface area contributed by atoms with Gasteiger partial charge in [0.25, 0.3) is 5.91 Å². The maximum absolute atomic E-state index is 13.1. The van der Waals surface area contributed by atoms with Crippen molar-refractivity contribution in [3.05, 3.63) is 70.2 Å². The lowest BCUT2D eigenvalue weighted by Crippen LogP contribution is -2.39. The Kier molecular flexibility index (Phi) is 7.45. The minimum atomic E-state index is -0.277. The number of ether oxygens (including phenoxy) is 2. The molecule has 3 N–H and O–H groups in total. The van der Waals surface area contributed by atoms with Crippen molar-refractivity contribution in [1.82, 2.24) is 9.88 Å². The summed E-state index contributed by atoms with van der Waals surface area (Å²) in [5.41, 5.74) is 8.66. The maximum Gasteiger partial charge on any atom is 0.305 e. The van der Waals surface area contributed by atoms with Crippen LogP contribution in [0.1, 0.15) is 33.9 Å². The molecule has 1 saturated heterocycles. The van der Waals surface area contributed by atoms with Crippen molar-refractivity contribution in [3.63, 3.8) is 0 Å². The Labute approximate surface area is 208 Å². The summed E-state index contributed by atoms with van der Waals surface area (Å²) >= 11 is 1.44. The quantitative estimate of drug-likeness (QED) is 0.280. The molecule has 4 rings (SSSR count). The Morgan fingerprint density at radius 3 is 2.37 bits per heavy atom. The fourth-order valence-electron chi connectivity index (χ4n) is 4.27. The first-order valence-electron chi connectivity index (χ1n) is 11.3. The van der Waals surface area contributed by atoms with Gasteiger partial charge in [-0.05, 0) is 42.5 Å². The molecule has 182 valence electrons. The highest BCUT2D eigenvalue weighted by Gasteiger charge is 2.37. The van der Waals surface area contributed by atoms with E-state index < -0.39 is 0 Å². The minimum absolute atomic E-state index is 0.0140. The van der Waals surface area contributed by atoms with Crippen LogP contribution in [0.3, 0.4) is 0 Å². The molecule has 1 fully saturated rings. The first kappa shape index (κ1) is 24.4. The number of nitrogen functional groups attached to an aromatic ring is 1. The van der Waals surface area contributed by atoms with E-state index in [9.17, 15) is 9.59 Å². The van der Waals surface area contributed by atoms with Crippen molar-refractivity contribution in [3.8, 4) is 16.9 Å². The minimum Gasteiger partial charge on any atom is -0.491 e. The molecule has 8 nitrogen and oxygen atoms in total. The first-order valence-corrected chi connectivity index (χ1v) is 12.2. The van der Waals surface area contributed by atoms with E-state index in [1.807, 2.05) is 55.5 Å². The van der Waals surface area contributed by atoms with Crippen LogP contribution < -0.4 is 10.5 Å². The average Bonchev–Trinajstić information content (AvgIpc) is 3.48. The number of aryl methyl sites for hydroxylation is 1. The molecule has 0 saturated carbocycles. The number of benzene rings is 2. The van der Waals surface area contributed by atoms with Crippen LogP contribution in [0.15, 0.2) is 53.9 Å². The lowest BCUT2D eigenvalue weighted by molar-refractivity contribution is -0.141. The lowest BCUT2D eigenvalue weighted by atomic mass is 10.0. The van der Waals surface area contributed by atoms with Crippen molar-refractivity contribution < 1.29 is 19.1 Å². The molecule has 2 atom stereocenters. The predicted molar refractivity (Wildman–Crippen MR) is 135 cm³/mol. The van der Waals surface area contributed by atoms with Crippen molar-refractivity contribution in [2.24, 2.45) is 11.7 Å². The summed E-state index contributed by atoms with van der Waals surface area (Å²) in [4.78, 5) is 31.1. The molecule has 0 bridgehead atoms. The summed E-state index contributed by atoms with van der Waals surface area (Å²) in [6, 6.07) is 15.0. The Morgan fingerprint density at radius 1 is 1.14 bits per heavy atom. The van der Waals surface area contributed by atoms with Gasteiger partial charge >= 0.3 is 5.97 Å². The summed E-state index contributed by atoms with van der Waals surface area (Å²) in [7, 11) is 1.38. The summed E-state index contributed by atoms with van der Waals surface area (Å²) in [5.74, 6) is 0.334. The summed E-state index contributed by atoms with van der Waals surface area (Å²) in [6.07, 6.45) is 0.925. The van der Waals surface area contributed by atoms with Crippen LogP contribution in [0.4, 0.5) is 0 Å². The standard InChI is InChI=1S/C26H28N4O4S/c1-16-29-23(15-35-16)26(32)30-13-17(12-24(31)33-2)11-21(30)14-34-22-9-7-19(8-10-22)18-3-5-20(6-4-18)25(27)28/h3-10,15,17,21H,11-14H2,1-2H3,(H3,27,28)/t17-,21-/m0/s1. The van der Waals surface area contributed by atoms with Gasteiger partial charge in [-0.1, -0.05) is 36.4 Å². The molecule has 0 spiro atoms. The molecule has 35 heavy (non-hydrogen) atoms. The Balaban J connectivity index is 1.43. The SMILES string of the molecule is COC(=O)C[C@@H]1C[C@@H](COc2ccc(-c3ccc(C(=N)N)cc3)cc2)N(C(=O)c2csc(C)n2)C1. The molecule has 2 aromatic carbocycles. The summed E-state index contributed by atoms with van der Waals surface area (Å²) in [6.45, 7) is 2.65. The smallest absolute Gasteiger partial charge is 0.305 e. The first-order chi connectivity index (χ1) is 16.8. The Bertz CT molecular complexity index is 1210. The number of nitrogens with one attached hydrogen (secondary N) is 1. The van der Waals surface area contributed by atoms with E-state index in [1.165, 1.54) is 18.4 Å². The maximum atomic E-state index is 13.1. The van der Waals surface area contributed by atoms with Crippen molar-refractivity contribution >= 4 is 29.0 Å². The number of hydrogen-bond donors (Lipinski definition) is 2. The number of rotatable bonds is 8. The highest BCUT2D eigenvalue weighted by atomic mass is 32.1. The van der Waals surface area contributed by atoms with E-state index in [0.29, 0.717) is 36.6 Å². The fraction of sp³-hybridized carbons (Fsp3) is 0.308. The van der Waals surface area contributed by atoms with Gasteiger partial charge in [-0.2, -0.15) is 0 Å². The van der Waals surface area contributed by atoms with Gasteiger partial charge in [0, 0.05) is 17.5 Å². The zero-order valence-corrected chi connectivity index (χ0v) is 20.5. The predicted octanol–water partition coefficient (Wildman–Crippen LogP) is 3.88. The molecule has 9 heteroatoms. The average molecular weight is 493 g/mol. The third-order valence-corrected chi connectivity index (χ3v) is 6.88. The van der Waals surface area contributed by atoms with Crippen molar-refractivity contribution in [2.45, 2.75) is 25.8 Å². The molecule has 1 aliphatic rings. The molecule has 2 heterocycles. The number of carbonyl (C=O) groups excluding carboxylic acids is 2. The summed E-state index contributed by atoms with van der Waals surface area (Å²) < 4.78 is 10.9. The van der Waals surface area contributed by atoms with Crippen LogP contribution >= 0.6 is 11.3 Å². The van der Waals surface area contributed by atoms with Gasteiger partial charge in [0.1, 0.15) is 23.9 Å². The van der Waals surface area contributed by atoms with Crippen LogP contribution in [0.25, 0.3) is 11.1 Å². The fourth-order valence-corrected chi connectivity index (χ4v) is 4.86. The number of amidine groups is 1. The summed E-state index contributed by atoms with van der Waals surface area (Å²) in [5, 5.41) is 10.1. The number of nitrogens with two attached hydrogens (primary N) is 1. The van der Waals surface area contributed by atoms with Gasteiger partial charge in [-0.15, -0.1) is 11.3 Å².